The predicted octanol–water partition coefficient (Wildman–Crippen LogP) is 4.38. The Kier molecular flexibility index (Phi) is 5.59. The number of carbonyl (C=O) groups is 1. The van der Waals surface area contributed by atoms with Crippen LogP contribution < -0.4 is 15.5 Å². The summed E-state index contributed by atoms with van der Waals surface area (Å²) in [5.41, 5.74) is 2.92. The highest BCUT2D eigenvalue weighted by atomic mass is 35.5. The second-order valence-corrected chi connectivity index (χ2v) is 6.44. The molecule has 3 rings (SSSR count). The number of nitrogens with one attached hydrogen (secondary N) is 2. The van der Waals surface area contributed by atoms with Crippen LogP contribution in [0.2, 0.25) is 5.02 Å². The van der Waals surface area contributed by atoms with E-state index in [4.69, 9.17) is 11.6 Å². The zero-order chi connectivity index (χ0) is 16.8. The maximum Gasteiger partial charge on any atom is 0.243 e. The highest BCUT2D eigenvalue weighted by molar-refractivity contribution is 6.30. The molecule has 0 radical (unpaired) electrons. The molecule has 0 aliphatic carbocycles. The van der Waals surface area contributed by atoms with Crippen molar-refractivity contribution >= 4 is 34.6 Å². The summed E-state index contributed by atoms with van der Waals surface area (Å²) in [6.07, 6.45) is 3.84. The number of carbonyl (C=O) groups excluding carboxylic acids is 1. The molecule has 4 nitrogen and oxygen atoms in total. The van der Waals surface area contributed by atoms with Gasteiger partial charge in [0.2, 0.25) is 5.91 Å². The third kappa shape index (κ3) is 4.65. The summed E-state index contributed by atoms with van der Waals surface area (Å²) in [4.78, 5) is 14.4. The minimum Gasteiger partial charge on any atom is -0.376 e. The second kappa shape index (κ2) is 8.06. The van der Waals surface area contributed by atoms with E-state index in [1.54, 1.807) is 12.1 Å². The quantitative estimate of drug-likeness (QED) is 0.846. The Morgan fingerprint density at radius 1 is 0.917 bits per heavy atom. The van der Waals surface area contributed by atoms with Crippen molar-refractivity contribution in [1.82, 2.24) is 0 Å². The fourth-order valence-corrected chi connectivity index (χ4v) is 2.99. The number of nitrogens with zero attached hydrogens (tertiary/aromatic N) is 1. The van der Waals surface area contributed by atoms with Gasteiger partial charge in [0.25, 0.3) is 0 Å². The van der Waals surface area contributed by atoms with Gasteiger partial charge < -0.3 is 15.5 Å². The van der Waals surface area contributed by atoms with Crippen LogP contribution >= 0.6 is 11.6 Å². The Labute approximate surface area is 147 Å². The van der Waals surface area contributed by atoms with Crippen LogP contribution in [0.5, 0.6) is 0 Å². The van der Waals surface area contributed by atoms with Crippen molar-refractivity contribution in [3.8, 4) is 0 Å². The van der Waals surface area contributed by atoms with Gasteiger partial charge >= 0.3 is 0 Å². The van der Waals surface area contributed by atoms with Gasteiger partial charge in [0.05, 0.1) is 6.54 Å². The predicted molar refractivity (Wildman–Crippen MR) is 101 cm³/mol. The monoisotopic (exact) mass is 343 g/mol. The Morgan fingerprint density at radius 3 is 2.21 bits per heavy atom. The first-order valence-corrected chi connectivity index (χ1v) is 8.73. The number of benzene rings is 2. The van der Waals surface area contributed by atoms with E-state index in [9.17, 15) is 4.79 Å². The maximum absolute atomic E-state index is 12.0. The molecule has 2 aromatic rings. The molecule has 126 valence electrons. The fourth-order valence-electron chi connectivity index (χ4n) is 2.86. The van der Waals surface area contributed by atoms with Crippen LogP contribution in [0.4, 0.5) is 17.1 Å². The molecule has 0 unspecified atom stereocenters. The largest absolute Gasteiger partial charge is 0.376 e. The zero-order valence-electron chi connectivity index (χ0n) is 13.6. The lowest BCUT2D eigenvalue weighted by Crippen LogP contribution is -2.29. The van der Waals surface area contributed by atoms with Crippen LogP contribution in [-0.4, -0.2) is 25.5 Å². The van der Waals surface area contributed by atoms with E-state index < -0.39 is 0 Å². The highest BCUT2D eigenvalue weighted by Gasteiger charge is 2.10. The van der Waals surface area contributed by atoms with Gasteiger partial charge in [0, 0.05) is 35.2 Å². The molecule has 0 saturated carbocycles. The van der Waals surface area contributed by atoms with Gasteiger partial charge in [-0.3, -0.25) is 4.79 Å². The van der Waals surface area contributed by atoms with E-state index in [0.29, 0.717) is 5.02 Å². The van der Waals surface area contributed by atoms with Crippen LogP contribution in [0.1, 0.15) is 19.3 Å². The van der Waals surface area contributed by atoms with Crippen molar-refractivity contribution in [2.24, 2.45) is 0 Å². The second-order valence-electron chi connectivity index (χ2n) is 6.00. The number of halogens is 1. The maximum atomic E-state index is 12.0. The first-order valence-electron chi connectivity index (χ1n) is 8.35. The molecule has 0 aromatic heterocycles. The number of anilines is 3. The lowest BCUT2D eigenvalue weighted by Gasteiger charge is -2.28. The van der Waals surface area contributed by atoms with E-state index in [1.807, 2.05) is 24.3 Å². The summed E-state index contributed by atoms with van der Waals surface area (Å²) in [6, 6.07) is 15.4. The first-order chi connectivity index (χ1) is 11.7. The van der Waals surface area contributed by atoms with Gasteiger partial charge in [-0.15, -0.1) is 0 Å². The van der Waals surface area contributed by atoms with Crippen molar-refractivity contribution < 1.29 is 4.79 Å². The summed E-state index contributed by atoms with van der Waals surface area (Å²) in [6.45, 7) is 2.46. The number of amides is 1. The standard InChI is InChI=1S/C19H22ClN3O/c20-15-4-6-16(7-5-15)21-14-19(24)22-17-8-10-18(11-9-17)23-12-2-1-3-13-23/h4-11,21H,1-3,12-14H2,(H,22,24). The summed E-state index contributed by atoms with van der Waals surface area (Å²) < 4.78 is 0. The Balaban J connectivity index is 1.49. The van der Waals surface area contributed by atoms with E-state index in [-0.39, 0.29) is 12.5 Å². The average Bonchev–Trinajstić information content (AvgIpc) is 2.63. The summed E-state index contributed by atoms with van der Waals surface area (Å²) >= 11 is 5.84. The van der Waals surface area contributed by atoms with Crippen LogP contribution in [0.15, 0.2) is 48.5 Å². The van der Waals surface area contributed by atoms with Gasteiger partial charge in [0.1, 0.15) is 0 Å². The smallest absolute Gasteiger partial charge is 0.243 e. The molecule has 0 bridgehead atoms. The molecule has 1 aliphatic rings. The van der Waals surface area contributed by atoms with Crippen LogP contribution in [0, 0.1) is 0 Å². The Morgan fingerprint density at radius 2 is 1.54 bits per heavy atom. The van der Waals surface area contributed by atoms with Gasteiger partial charge in [-0.25, -0.2) is 0 Å². The van der Waals surface area contributed by atoms with E-state index >= 15 is 0 Å². The van der Waals surface area contributed by atoms with Crippen LogP contribution in [-0.2, 0) is 4.79 Å². The molecule has 0 atom stereocenters. The third-order valence-electron chi connectivity index (χ3n) is 4.17. The van der Waals surface area contributed by atoms with Gasteiger partial charge in [-0.2, -0.15) is 0 Å². The van der Waals surface area contributed by atoms with Crippen molar-refractivity contribution in [3.05, 3.63) is 53.6 Å². The number of rotatable bonds is 5. The number of piperidine rings is 1. The Bertz CT molecular complexity index is 664. The molecule has 2 aromatic carbocycles. The summed E-state index contributed by atoms with van der Waals surface area (Å²) in [5, 5.41) is 6.66. The zero-order valence-corrected chi connectivity index (χ0v) is 14.4. The molecule has 5 heteroatoms. The Hall–Kier alpha value is -2.20. The summed E-state index contributed by atoms with van der Waals surface area (Å²) in [7, 11) is 0. The molecule has 1 saturated heterocycles. The normalized spacial score (nSPS) is 14.3. The van der Waals surface area contributed by atoms with Gasteiger partial charge in [0.15, 0.2) is 0 Å². The molecule has 1 amide bonds. The molecule has 1 aliphatic heterocycles. The SMILES string of the molecule is O=C(CNc1ccc(Cl)cc1)Nc1ccc(N2CCCCC2)cc1. The molecule has 0 spiro atoms. The van der Waals surface area contributed by atoms with E-state index in [2.05, 4.69) is 27.7 Å². The van der Waals surface area contributed by atoms with E-state index in [1.165, 1.54) is 24.9 Å². The lowest BCUT2D eigenvalue weighted by molar-refractivity contribution is -0.114. The van der Waals surface area contributed by atoms with Gasteiger partial charge in [-0.05, 0) is 67.8 Å². The molecule has 2 N–H and O–H groups in total. The molecule has 1 fully saturated rings. The van der Waals surface area contributed by atoms with Crippen molar-refractivity contribution in [1.29, 1.82) is 0 Å². The minimum atomic E-state index is -0.0735. The van der Waals surface area contributed by atoms with Crippen molar-refractivity contribution in [3.63, 3.8) is 0 Å². The highest BCUT2D eigenvalue weighted by Crippen LogP contribution is 2.21. The third-order valence-corrected chi connectivity index (χ3v) is 4.42. The lowest BCUT2D eigenvalue weighted by atomic mass is 10.1. The van der Waals surface area contributed by atoms with Crippen molar-refractivity contribution in [2.45, 2.75) is 19.3 Å². The average molecular weight is 344 g/mol. The first kappa shape index (κ1) is 16.7. The van der Waals surface area contributed by atoms with Crippen LogP contribution in [0.3, 0.4) is 0 Å². The fraction of sp³-hybridized carbons (Fsp3) is 0.316. The molecule has 1 heterocycles. The van der Waals surface area contributed by atoms with E-state index in [0.717, 1.165) is 24.5 Å². The van der Waals surface area contributed by atoms with Gasteiger partial charge in [-0.1, -0.05) is 11.6 Å². The van der Waals surface area contributed by atoms with Crippen LogP contribution in [0.25, 0.3) is 0 Å². The molecule has 24 heavy (non-hydrogen) atoms. The van der Waals surface area contributed by atoms with Crippen molar-refractivity contribution in [2.75, 3.05) is 35.2 Å². The molecular weight excluding hydrogens is 322 g/mol. The molecular formula is C19H22ClN3O. The number of hydrogen-bond acceptors (Lipinski definition) is 3. The number of hydrogen-bond donors (Lipinski definition) is 2. The summed E-state index contributed by atoms with van der Waals surface area (Å²) in [5.74, 6) is -0.0735. The minimum absolute atomic E-state index is 0.0735. The topological polar surface area (TPSA) is 44.4 Å².